The van der Waals surface area contributed by atoms with Gasteiger partial charge in [-0.05, 0) is 52.9 Å². The number of nitrogens with zero attached hydrogens (tertiary/aromatic N) is 2. The fourth-order valence-corrected chi connectivity index (χ4v) is 4.43. The molecule has 0 spiro atoms. The van der Waals surface area contributed by atoms with Crippen molar-refractivity contribution in [2.75, 3.05) is 6.54 Å². The van der Waals surface area contributed by atoms with Gasteiger partial charge in [0.1, 0.15) is 12.2 Å². The first kappa shape index (κ1) is 24.4. The molecule has 3 aromatic carbocycles. The van der Waals surface area contributed by atoms with Crippen LogP contribution in [-0.2, 0) is 4.79 Å². The molecular formula is C27H25F4N3O. The van der Waals surface area contributed by atoms with Gasteiger partial charge in [-0.3, -0.25) is 4.79 Å². The molecule has 35 heavy (non-hydrogen) atoms. The van der Waals surface area contributed by atoms with Crippen molar-refractivity contribution in [3.8, 4) is 5.69 Å². The Hall–Kier alpha value is -3.68. The number of carbonyl (C=O) groups is 1. The van der Waals surface area contributed by atoms with Crippen molar-refractivity contribution in [3.05, 3.63) is 95.9 Å². The van der Waals surface area contributed by atoms with Crippen LogP contribution < -0.4 is 5.32 Å². The Morgan fingerprint density at radius 3 is 2.31 bits per heavy atom. The SMILES string of the molecule is CC(C)(CNC(=O)CC(F)(F)F)[C@H](c1ccccc1)c1ccc2c(cnn2-c2ccc(F)cc2)c1. The minimum atomic E-state index is -4.55. The van der Waals surface area contributed by atoms with Crippen LogP contribution in [0.25, 0.3) is 16.6 Å². The fourth-order valence-electron chi connectivity index (χ4n) is 4.43. The molecule has 1 heterocycles. The standard InChI is InChI=1S/C27H25F4N3O/c1-26(2,17-32-24(35)15-27(29,30)31)25(18-6-4-3-5-7-18)19-8-13-23-20(14-19)16-33-34(23)22-11-9-21(28)10-12-22/h3-14,16,25H,15,17H2,1-2H3,(H,32,35)/t25-/m1/s1. The van der Waals surface area contributed by atoms with E-state index in [2.05, 4.69) is 10.4 Å². The van der Waals surface area contributed by atoms with Crippen LogP contribution in [0.3, 0.4) is 0 Å². The van der Waals surface area contributed by atoms with Gasteiger partial charge in [-0.15, -0.1) is 0 Å². The molecular weight excluding hydrogens is 458 g/mol. The average molecular weight is 484 g/mol. The first-order chi connectivity index (χ1) is 16.5. The molecule has 4 aromatic rings. The molecule has 1 N–H and O–H groups in total. The lowest BCUT2D eigenvalue weighted by Crippen LogP contribution is -2.39. The number of carbonyl (C=O) groups excluding carboxylic acids is 1. The quantitative estimate of drug-likeness (QED) is 0.310. The molecule has 1 aromatic heterocycles. The van der Waals surface area contributed by atoms with Crippen molar-refractivity contribution in [2.45, 2.75) is 32.4 Å². The Bertz CT molecular complexity index is 1310. The summed E-state index contributed by atoms with van der Waals surface area (Å²) in [4.78, 5) is 11.9. The van der Waals surface area contributed by atoms with E-state index in [1.165, 1.54) is 12.1 Å². The van der Waals surface area contributed by atoms with Crippen molar-refractivity contribution in [3.63, 3.8) is 0 Å². The number of hydrogen-bond donors (Lipinski definition) is 1. The van der Waals surface area contributed by atoms with Crippen molar-refractivity contribution in [1.29, 1.82) is 0 Å². The molecule has 0 aliphatic carbocycles. The average Bonchev–Trinajstić information content (AvgIpc) is 3.21. The predicted octanol–water partition coefficient (Wildman–Crippen LogP) is 6.39. The molecule has 0 saturated heterocycles. The van der Waals surface area contributed by atoms with Gasteiger partial charge < -0.3 is 5.32 Å². The zero-order valence-corrected chi connectivity index (χ0v) is 19.3. The van der Waals surface area contributed by atoms with Gasteiger partial charge in [0.2, 0.25) is 5.91 Å². The third-order valence-corrected chi connectivity index (χ3v) is 6.01. The van der Waals surface area contributed by atoms with E-state index in [1.54, 1.807) is 23.0 Å². The largest absolute Gasteiger partial charge is 0.397 e. The van der Waals surface area contributed by atoms with E-state index in [-0.39, 0.29) is 18.3 Å². The maximum atomic E-state index is 13.3. The summed E-state index contributed by atoms with van der Waals surface area (Å²) in [5.74, 6) is -1.59. The number of rotatable bonds is 7. The van der Waals surface area contributed by atoms with E-state index in [1.807, 2.05) is 62.4 Å². The van der Waals surface area contributed by atoms with Crippen LogP contribution in [0.15, 0.2) is 79.0 Å². The highest BCUT2D eigenvalue weighted by Crippen LogP contribution is 2.41. The minimum Gasteiger partial charge on any atom is -0.355 e. The zero-order chi connectivity index (χ0) is 25.2. The monoisotopic (exact) mass is 483 g/mol. The number of alkyl halides is 3. The van der Waals surface area contributed by atoms with Gasteiger partial charge in [0, 0.05) is 17.8 Å². The van der Waals surface area contributed by atoms with Crippen molar-refractivity contribution in [1.82, 2.24) is 15.1 Å². The van der Waals surface area contributed by atoms with Gasteiger partial charge in [-0.1, -0.05) is 50.2 Å². The van der Waals surface area contributed by atoms with Crippen LogP contribution in [-0.4, -0.2) is 28.4 Å². The first-order valence-electron chi connectivity index (χ1n) is 11.2. The normalized spacial score (nSPS) is 13.1. The van der Waals surface area contributed by atoms with Crippen LogP contribution in [0, 0.1) is 11.2 Å². The number of nitrogens with one attached hydrogen (secondary N) is 1. The molecule has 0 saturated carbocycles. The molecule has 0 unspecified atom stereocenters. The lowest BCUT2D eigenvalue weighted by molar-refractivity contribution is -0.154. The van der Waals surface area contributed by atoms with Gasteiger partial charge in [0.15, 0.2) is 0 Å². The van der Waals surface area contributed by atoms with Crippen molar-refractivity contribution < 1.29 is 22.4 Å². The molecule has 0 fully saturated rings. The summed E-state index contributed by atoms with van der Waals surface area (Å²) < 4.78 is 52.9. The maximum Gasteiger partial charge on any atom is 0.397 e. The predicted molar refractivity (Wildman–Crippen MR) is 127 cm³/mol. The molecule has 0 radical (unpaired) electrons. The molecule has 1 amide bonds. The maximum absolute atomic E-state index is 13.3. The van der Waals surface area contributed by atoms with Crippen LogP contribution in [0.2, 0.25) is 0 Å². The highest BCUT2D eigenvalue weighted by molar-refractivity contribution is 5.81. The molecule has 4 nitrogen and oxygen atoms in total. The number of halogens is 4. The Labute approximate surface area is 200 Å². The Kier molecular flexibility index (Phi) is 6.65. The lowest BCUT2D eigenvalue weighted by atomic mass is 9.71. The Morgan fingerprint density at radius 1 is 0.971 bits per heavy atom. The minimum absolute atomic E-state index is 0.0638. The van der Waals surface area contributed by atoms with E-state index in [0.717, 1.165) is 27.7 Å². The second-order valence-corrected chi connectivity index (χ2v) is 9.25. The van der Waals surface area contributed by atoms with Gasteiger partial charge in [0.25, 0.3) is 0 Å². The van der Waals surface area contributed by atoms with Gasteiger partial charge in [-0.2, -0.15) is 18.3 Å². The van der Waals surface area contributed by atoms with Crippen LogP contribution in [0.4, 0.5) is 17.6 Å². The fraction of sp³-hybridized carbons (Fsp3) is 0.259. The zero-order valence-electron chi connectivity index (χ0n) is 19.3. The smallest absolute Gasteiger partial charge is 0.355 e. The summed E-state index contributed by atoms with van der Waals surface area (Å²) >= 11 is 0. The van der Waals surface area contributed by atoms with Crippen molar-refractivity contribution in [2.24, 2.45) is 5.41 Å². The van der Waals surface area contributed by atoms with E-state index < -0.39 is 23.9 Å². The van der Waals surface area contributed by atoms with Crippen LogP contribution in [0.1, 0.15) is 37.3 Å². The highest BCUT2D eigenvalue weighted by Gasteiger charge is 2.35. The number of aromatic nitrogens is 2. The summed E-state index contributed by atoms with van der Waals surface area (Å²) in [6.45, 7) is 3.91. The number of benzene rings is 3. The summed E-state index contributed by atoms with van der Waals surface area (Å²) in [6, 6.07) is 21.6. The molecule has 0 aliphatic rings. The van der Waals surface area contributed by atoms with Gasteiger partial charge >= 0.3 is 6.18 Å². The van der Waals surface area contributed by atoms with Gasteiger partial charge in [0.05, 0.1) is 17.4 Å². The second-order valence-electron chi connectivity index (χ2n) is 9.25. The van der Waals surface area contributed by atoms with E-state index in [9.17, 15) is 22.4 Å². The highest BCUT2D eigenvalue weighted by atomic mass is 19.4. The van der Waals surface area contributed by atoms with Crippen LogP contribution in [0.5, 0.6) is 0 Å². The molecule has 0 aliphatic heterocycles. The molecule has 182 valence electrons. The topological polar surface area (TPSA) is 46.9 Å². The van der Waals surface area contributed by atoms with E-state index in [4.69, 9.17) is 0 Å². The Morgan fingerprint density at radius 2 is 1.66 bits per heavy atom. The second kappa shape index (κ2) is 9.52. The van der Waals surface area contributed by atoms with Gasteiger partial charge in [-0.25, -0.2) is 9.07 Å². The summed E-state index contributed by atoms with van der Waals surface area (Å²) in [7, 11) is 0. The molecule has 8 heteroatoms. The van der Waals surface area contributed by atoms with E-state index >= 15 is 0 Å². The number of amides is 1. The van der Waals surface area contributed by atoms with E-state index in [0.29, 0.717) is 0 Å². The van der Waals surface area contributed by atoms with Crippen LogP contribution >= 0.6 is 0 Å². The molecule has 4 rings (SSSR count). The third-order valence-electron chi connectivity index (χ3n) is 6.01. The number of hydrogen-bond acceptors (Lipinski definition) is 2. The summed E-state index contributed by atoms with van der Waals surface area (Å²) in [5, 5.41) is 7.78. The molecule has 1 atom stereocenters. The summed E-state index contributed by atoms with van der Waals surface area (Å²) in [5.41, 5.74) is 2.87. The lowest BCUT2D eigenvalue weighted by Gasteiger charge is -2.35. The number of fused-ring (bicyclic) bond motifs is 1. The third kappa shape index (κ3) is 5.70. The summed E-state index contributed by atoms with van der Waals surface area (Å²) in [6.07, 6.45) is -4.33. The van der Waals surface area contributed by atoms with Crippen molar-refractivity contribution >= 4 is 16.8 Å². The Balaban J connectivity index is 1.68. The first-order valence-corrected chi connectivity index (χ1v) is 11.2. The molecule has 0 bridgehead atoms.